The zero-order valence-electron chi connectivity index (χ0n) is 18.5. The number of nitrogens with zero attached hydrogens (tertiary/aromatic N) is 3. The van der Waals surface area contributed by atoms with Crippen LogP contribution in [0.15, 0.2) is 78.8 Å². The number of carbonyl (C=O) groups is 2. The zero-order chi connectivity index (χ0) is 23.4. The van der Waals surface area contributed by atoms with Crippen LogP contribution in [0.2, 0.25) is 0 Å². The summed E-state index contributed by atoms with van der Waals surface area (Å²) in [4.78, 5) is 35.9. The maximum absolute atomic E-state index is 13.1. The van der Waals surface area contributed by atoms with Crippen LogP contribution in [0.4, 0.5) is 0 Å². The van der Waals surface area contributed by atoms with Crippen LogP contribution < -0.4 is 4.74 Å². The highest BCUT2D eigenvalue weighted by molar-refractivity contribution is 6.46. The Labute approximate surface area is 192 Å². The van der Waals surface area contributed by atoms with Gasteiger partial charge >= 0.3 is 0 Å². The third-order valence-corrected chi connectivity index (χ3v) is 5.31. The first-order valence-corrected chi connectivity index (χ1v) is 10.8. The molecule has 1 amide bonds. The number of likely N-dealkylation sites (tertiary alicyclic amines) is 1. The van der Waals surface area contributed by atoms with Crippen molar-refractivity contribution in [1.29, 1.82) is 0 Å². The third kappa shape index (κ3) is 4.77. The summed E-state index contributed by atoms with van der Waals surface area (Å²) in [5.41, 5.74) is 1.75. The molecule has 1 saturated heterocycles. The van der Waals surface area contributed by atoms with Gasteiger partial charge in [0.25, 0.3) is 11.7 Å². The molecule has 1 unspecified atom stereocenters. The molecule has 4 rings (SSSR count). The maximum Gasteiger partial charge on any atom is 0.296 e. The fourth-order valence-electron chi connectivity index (χ4n) is 3.76. The lowest BCUT2D eigenvalue weighted by atomic mass is 9.95. The molecule has 1 fully saturated rings. The average Bonchev–Trinajstić information content (AvgIpc) is 3.08. The van der Waals surface area contributed by atoms with E-state index in [1.807, 2.05) is 30.3 Å². The molecule has 2 aromatic heterocycles. The van der Waals surface area contributed by atoms with Gasteiger partial charge in [0.15, 0.2) is 0 Å². The Morgan fingerprint density at radius 3 is 2.55 bits per heavy atom. The quantitative estimate of drug-likeness (QED) is 0.335. The Bertz CT molecular complexity index is 1180. The third-order valence-electron chi connectivity index (χ3n) is 5.31. The number of ether oxygens (including phenoxy) is 1. The number of aromatic nitrogens is 2. The number of aliphatic hydroxyl groups excluding tert-OH is 1. The largest absolute Gasteiger partial charge is 0.507 e. The van der Waals surface area contributed by atoms with Crippen molar-refractivity contribution in [3.8, 4) is 5.75 Å². The van der Waals surface area contributed by atoms with Crippen LogP contribution in [0.3, 0.4) is 0 Å². The molecule has 7 heteroatoms. The SMILES string of the molecule is CC(C)COc1cccc(C2/C(=C(/O)c3ccncc3)C(=O)C(=O)N2Cc2ccccn2)c1. The van der Waals surface area contributed by atoms with Gasteiger partial charge in [0.2, 0.25) is 0 Å². The van der Waals surface area contributed by atoms with Crippen LogP contribution in [0, 0.1) is 5.92 Å². The number of aliphatic hydroxyl groups is 1. The first kappa shape index (κ1) is 22.2. The summed E-state index contributed by atoms with van der Waals surface area (Å²) in [5, 5.41) is 11.1. The molecule has 1 aromatic carbocycles. The summed E-state index contributed by atoms with van der Waals surface area (Å²) in [6.45, 7) is 4.77. The van der Waals surface area contributed by atoms with Crippen molar-refractivity contribution in [1.82, 2.24) is 14.9 Å². The molecule has 168 valence electrons. The van der Waals surface area contributed by atoms with E-state index in [9.17, 15) is 14.7 Å². The normalized spacial score (nSPS) is 17.5. The minimum atomic E-state index is -0.789. The fraction of sp³-hybridized carbons (Fsp3) is 0.231. The van der Waals surface area contributed by atoms with E-state index >= 15 is 0 Å². The van der Waals surface area contributed by atoms with E-state index in [0.717, 1.165) is 0 Å². The van der Waals surface area contributed by atoms with Crippen LogP contribution >= 0.6 is 0 Å². The van der Waals surface area contributed by atoms with Gasteiger partial charge in [-0.2, -0.15) is 0 Å². The second-order valence-electron chi connectivity index (χ2n) is 8.26. The molecule has 3 heterocycles. The Balaban J connectivity index is 1.82. The fourth-order valence-corrected chi connectivity index (χ4v) is 3.76. The molecular formula is C26H25N3O4. The number of hydrogen-bond acceptors (Lipinski definition) is 6. The summed E-state index contributed by atoms with van der Waals surface area (Å²) < 4.78 is 5.87. The van der Waals surface area contributed by atoms with Gasteiger partial charge in [0, 0.05) is 24.2 Å². The van der Waals surface area contributed by atoms with E-state index < -0.39 is 17.7 Å². The van der Waals surface area contributed by atoms with Crippen molar-refractivity contribution in [2.24, 2.45) is 5.92 Å². The Morgan fingerprint density at radius 2 is 1.85 bits per heavy atom. The van der Waals surface area contributed by atoms with Gasteiger partial charge in [-0.3, -0.25) is 19.6 Å². The molecule has 1 N–H and O–H groups in total. The standard InChI is InChI=1S/C26H25N3O4/c1-17(2)16-33-21-8-5-6-19(14-21)23-22(24(30)18-9-12-27-13-10-18)25(31)26(32)29(23)15-20-7-3-4-11-28-20/h3-14,17,23,30H,15-16H2,1-2H3/b24-22-. The summed E-state index contributed by atoms with van der Waals surface area (Å²) in [7, 11) is 0. The van der Waals surface area contributed by atoms with E-state index in [2.05, 4.69) is 23.8 Å². The van der Waals surface area contributed by atoms with Crippen LogP contribution in [0.25, 0.3) is 5.76 Å². The molecule has 0 radical (unpaired) electrons. The minimum Gasteiger partial charge on any atom is -0.507 e. The average molecular weight is 444 g/mol. The van der Waals surface area contributed by atoms with Gasteiger partial charge < -0.3 is 14.7 Å². The lowest BCUT2D eigenvalue weighted by molar-refractivity contribution is -0.140. The number of ketones is 1. The molecule has 3 aromatic rings. The van der Waals surface area contributed by atoms with E-state index in [0.29, 0.717) is 35.1 Å². The smallest absolute Gasteiger partial charge is 0.296 e. The number of Topliss-reactive ketones (excluding diaryl/α,β-unsaturated/α-hetero) is 1. The summed E-state index contributed by atoms with van der Waals surface area (Å²) in [6.07, 6.45) is 4.68. The molecular weight excluding hydrogens is 418 g/mol. The number of pyridine rings is 2. The van der Waals surface area contributed by atoms with E-state index in [-0.39, 0.29) is 17.9 Å². The maximum atomic E-state index is 13.1. The Morgan fingerprint density at radius 1 is 1.06 bits per heavy atom. The van der Waals surface area contributed by atoms with Crippen molar-refractivity contribution in [3.05, 3.63) is 95.6 Å². The minimum absolute atomic E-state index is 0.0307. The lowest BCUT2D eigenvalue weighted by Crippen LogP contribution is -2.29. The summed E-state index contributed by atoms with van der Waals surface area (Å²) in [6, 6.07) is 15.1. The van der Waals surface area contributed by atoms with Crippen molar-refractivity contribution < 1.29 is 19.4 Å². The number of carbonyl (C=O) groups excluding carboxylic acids is 2. The number of rotatable bonds is 7. The molecule has 0 aliphatic carbocycles. The van der Waals surface area contributed by atoms with Gasteiger partial charge in [-0.05, 0) is 47.9 Å². The van der Waals surface area contributed by atoms with Crippen molar-refractivity contribution >= 4 is 17.4 Å². The summed E-state index contributed by atoms with van der Waals surface area (Å²) in [5.74, 6) is -0.685. The Hall–Kier alpha value is -4.00. The van der Waals surface area contributed by atoms with Crippen LogP contribution in [0.1, 0.15) is 36.7 Å². The predicted octanol–water partition coefficient (Wildman–Crippen LogP) is 4.13. The highest BCUT2D eigenvalue weighted by Crippen LogP contribution is 2.40. The van der Waals surface area contributed by atoms with Crippen LogP contribution in [-0.2, 0) is 16.1 Å². The van der Waals surface area contributed by atoms with Gasteiger partial charge in [0.05, 0.1) is 30.5 Å². The molecule has 1 atom stereocenters. The second-order valence-corrected chi connectivity index (χ2v) is 8.26. The van der Waals surface area contributed by atoms with Crippen molar-refractivity contribution in [2.45, 2.75) is 26.4 Å². The van der Waals surface area contributed by atoms with E-state index in [4.69, 9.17) is 4.74 Å². The van der Waals surface area contributed by atoms with Gasteiger partial charge in [-0.15, -0.1) is 0 Å². The molecule has 0 spiro atoms. The van der Waals surface area contributed by atoms with Gasteiger partial charge in [-0.1, -0.05) is 32.0 Å². The highest BCUT2D eigenvalue weighted by Gasteiger charge is 2.46. The van der Waals surface area contributed by atoms with Crippen LogP contribution in [-0.4, -0.2) is 38.3 Å². The first-order chi connectivity index (χ1) is 16.0. The van der Waals surface area contributed by atoms with Gasteiger partial charge in [-0.25, -0.2) is 0 Å². The number of hydrogen-bond donors (Lipinski definition) is 1. The highest BCUT2D eigenvalue weighted by atomic mass is 16.5. The molecule has 1 aliphatic rings. The number of benzene rings is 1. The monoisotopic (exact) mass is 443 g/mol. The van der Waals surface area contributed by atoms with Crippen molar-refractivity contribution in [2.75, 3.05) is 6.61 Å². The van der Waals surface area contributed by atoms with Crippen molar-refractivity contribution in [3.63, 3.8) is 0 Å². The van der Waals surface area contributed by atoms with E-state index in [1.54, 1.807) is 30.5 Å². The van der Waals surface area contributed by atoms with E-state index in [1.165, 1.54) is 17.3 Å². The molecule has 0 bridgehead atoms. The first-order valence-electron chi connectivity index (χ1n) is 10.8. The number of amides is 1. The predicted molar refractivity (Wildman–Crippen MR) is 123 cm³/mol. The topological polar surface area (TPSA) is 92.6 Å². The molecule has 1 aliphatic heterocycles. The van der Waals surface area contributed by atoms with Gasteiger partial charge in [0.1, 0.15) is 11.5 Å². The molecule has 7 nitrogen and oxygen atoms in total. The molecule has 0 saturated carbocycles. The zero-order valence-corrected chi connectivity index (χ0v) is 18.5. The Kier molecular flexibility index (Phi) is 6.49. The van der Waals surface area contributed by atoms with Crippen LogP contribution in [0.5, 0.6) is 5.75 Å². The lowest BCUT2D eigenvalue weighted by Gasteiger charge is -2.25. The molecule has 33 heavy (non-hydrogen) atoms. The summed E-state index contributed by atoms with van der Waals surface area (Å²) >= 11 is 0. The second kappa shape index (κ2) is 9.65.